The van der Waals surface area contributed by atoms with Gasteiger partial charge in [-0.1, -0.05) is 0 Å². The molecule has 13 heavy (non-hydrogen) atoms. The van der Waals surface area contributed by atoms with Gasteiger partial charge in [-0.05, 0) is 41.6 Å². The summed E-state index contributed by atoms with van der Waals surface area (Å²) in [4.78, 5) is 11.0. The standard InChI is InChI=1S/C9H6INO2/c1-5(12)7-3-9(13)8(10)2-6(7)4-11/h2-3,13H,1H3. The highest BCUT2D eigenvalue weighted by Crippen LogP contribution is 2.23. The highest BCUT2D eigenvalue weighted by Gasteiger charge is 2.10. The van der Waals surface area contributed by atoms with Crippen molar-refractivity contribution >= 4 is 28.4 Å². The van der Waals surface area contributed by atoms with Gasteiger partial charge in [-0.25, -0.2) is 0 Å². The van der Waals surface area contributed by atoms with E-state index in [0.717, 1.165) is 0 Å². The first-order valence-electron chi connectivity index (χ1n) is 3.50. The molecule has 0 saturated carbocycles. The van der Waals surface area contributed by atoms with Crippen LogP contribution in [0.2, 0.25) is 0 Å². The highest BCUT2D eigenvalue weighted by molar-refractivity contribution is 14.1. The second-order valence-corrected chi connectivity index (χ2v) is 3.68. The minimum absolute atomic E-state index is 0.0322. The number of phenols is 1. The van der Waals surface area contributed by atoms with E-state index in [1.165, 1.54) is 19.1 Å². The number of carbonyl (C=O) groups is 1. The molecule has 1 aromatic carbocycles. The molecule has 3 nitrogen and oxygen atoms in total. The van der Waals surface area contributed by atoms with E-state index in [-0.39, 0.29) is 17.1 Å². The van der Waals surface area contributed by atoms with Crippen LogP contribution in [0.3, 0.4) is 0 Å². The van der Waals surface area contributed by atoms with Gasteiger partial charge in [0.15, 0.2) is 5.78 Å². The fraction of sp³-hybridized carbons (Fsp3) is 0.111. The van der Waals surface area contributed by atoms with E-state index >= 15 is 0 Å². The number of rotatable bonds is 1. The van der Waals surface area contributed by atoms with Crippen LogP contribution in [0.25, 0.3) is 0 Å². The predicted octanol–water partition coefficient (Wildman–Crippen LogP) is 2.07. The Kier molecular flexibility index (Phi) is 2.88. The Morgan fingerprint density at radius 3 is 2.69 bits per heavy atom. The maximum atomic E-state index is 11.0. The first-order valence-corrected chi connectivity index (χ1v) is 4.57. The molecule has 0 aliphatic rings. The van der Waals surface area contributed by atoms with Crippen LogP contribution in [0.15, 0.2) is 12.1 Å². The summed E-state index contributed by atoms with van der Waals surface area (Å²) in [5.41, 5.74) is 0.565. The first-order chi connectivity index (χ1) is 6.06. The third kappa shape index (κ3) is 1.98. The smallest absolute Gasteiger partial charge is 0.161 e. The lowest BCUT2D eigenvalue weighted by Gasteiger charge is -2.02. The van der Waals surface area contributed by atoms with Gasteiger partial charge in [-0.15, -0.1) is 0 Å². The maximum Gasteiger partial charge on any atom is 0.161 e. The Hall–Kier alpha value is -1.09. The zero-order valence-corrected chi connectivity index (χ0v) is 8.99. The second kappa shape index (κ2) is 3.75. The van der Waals surface area contributed by atoms with E-state index in [1.54, 1.807) is 0 Å². The van der Waals surface area contributed by atoms with Crippen molar-refractivity contribution in [2.75, 3.05) is 0 Å². The summed E-state index contributed by atoms with van der Waals surface area (Å²) < 4.78 is 0.569. The fourth-order valence-electron chi connectivity index (χ4n) is 0.946. The molecule has 1 N–H and O–H groups in total. The SMILES string of the molecule is CC(=O)c1cc(O)c(I)cc1C#N. The van der Waals surface area contributed by atoms with Crippen LogP contribution in [0.1, 0.15) is 22.8 Å². The third-order valence-electron chi connectivity index (χ3n) is 1.59. The van der Waals surface area contributed by atoms with Crippen molar-refractivity contribution in [1.82, 2.24) is 0 Å². The largest absolute Gasteiger partial charge is 0.507 e. The Bertz CT molecular complexity index is 407. The minimum Gasteiger partial charge on any atom is -0.507 e. The summed E-state index contributed by atoms with van der Waals surface area (Å²) >= 11 is 1.90. The average molecular weight is 287 g/mol. The molecule has 1 rings (SSSR count). The summed E-state index contributed by atoms with van der Waals surface area (Å²) in [6, 6.07) is 4.72. The molecule has 0 radical (unpaired) electrons. The van der Waals surface area contributed by atoms with Gasteiger partial charge in [-0.3, -0.25) is 4.79 Å². The number of aromatic hydroxyl groups is 1. The average Bonchev–Trinajstić information content (AvgIpc) is 2.08. The van der Waals surface area contributed by atoms with Crippen molar-refractivity contribution < 1.29 is 9.90 Å². The van der Waals surface area contributed by atoms with E-state index in [4.69, 9.17) is 5.26 Å². The Morgan fingerprint density at radius 1 is 1.62 bits per heavy atom. The molecule has 1 aromatic rings. The van der Waals surface area contributed by atoms with E-state index in [0.29, 0.717) is 9.13 Å². The van der Waals surface area contributed by atoms with Gasteiger partial charge in [-0.2, -0.15) is 5.26 Å². The van der Waals surface area contributed by atoms with Gasteiger partial charge in [0.05, 0.1) is 15.2 Å². The van der Waals surface area contributed by atoms with E-state index < -0.39 is 0 Å². The van der Waals surface area contributed by atoms with Crippen molar-refractivity contribution in [2.45, 2.75) is 6.92 Å². The zero-order chi connectivity index (χ0) is 10.0. The molecule has 4 heteroatoms. The lowest BCUT2D eigenvalue weighted by atomic mass is 10.1. The number of phenolic OH excluding ortho intramolecular Hbond substituents is 1. The monoisotopic (exact) mass is 287 g/mol. The molecular weight excluding hydrogens is 281 g/mol. The summed E-state index contributed by atoms with van der Waals surface area (Å²) in [5, 5.41) is 18.0. The van der Waals surface area contributed by atoms with Crippen molar-refractivity contribution in [1.29, 1.82) is 5.26 Å². The van der Waals surface area contributed by atoms with Crippen LogP contribution >= 0.6 is 22.6 Å². The number of ketones is 1. The molecular formula is C9H6INO2. The molecule has 0 fully saturated rings. The summed E-state index contributed by atoms with van der Waals surface area (Å²) in [5.74, 6) is -0.187. The van der Waals surface area contributed by atoms with Gasteiger partial charge in [0.1, 0.15) is 5.75 Å². The molecule has 0 amide bonds. The number of benzene rings is 1. The van der Waals surface area contributed by atoms with Crippen molar-refractivity contribution in [2.24, 2.45) is 0 Å². The van der Waals surface area contributed by atoms with E-state index in [2.05, 4.69) is 0 Å². The summed E-state index contributed by atoms with van der Waals surface area (Å²) in [6.07, 6.45) is 0. The zero-order valence-electron chi connectivity index (χ0n) is 6.84. The molecule has 0 aliphatic heterocycles. The number of hydrogen-bond donors (Lipinski definition) is 1. The molecule has 0 saturated heterocycles. The minimum atomic E-state index is -0.219. The predicted molar refractivity (Wildman–Crippen MR) is 55.5 cm³/mol. The van der Waals surface area contributed by atoms with E-state index in [9.17, 15) is 9.90 Å². The Labute approximate surface area is 89.1 Å². The number of hydrogen-bond acceptors (Lipinski definition) is 3. The number of carbonyl (C=O) groups excluding carboxylic acids is 1. The molecule has 0 heterocycles. The van der Waals surface area contributed by atoms with Crippen LogP contribution in [-0.2, 0) is 0 Å². The normalized spacial score (nSPS) is 9.31. The van der Waals surface area contributed by atoms with Gasteiger partial charge < -0.3 is 5.11 Å². The molecule has 0 aromatic heterocycles. The van der Waals surface area contributed by atoms with Crippen LogP contribution in [0.4, 0.5) is 0 Å². The first kappa shape index (κ1) is 9.99. The number of nitrogens with zero attached hydrogens (tertiary/aromatic N) is 1. The number of Topliss-reactive ketones (excluding diaryl/α,β-unsaturated/α-hetero) is 1. The Balaban J connectivity index is 3.44. The summed E-state index contributed by atoms with van der Waals surface area (Å²) in [6.45, 7) is 1.36. The molecule has 0 aliphatic carbocycles. The fourth-order valence-corrected chi connectivity index (χ4v) is 1.41. The second-order valence-electron chi connectivity index (χ2n) is 2.52. The van der Waals surface area contributed by atoms with Crippen LogP contribution in [-0.4, -0.2) is 10.9 Å². The van der Waals surface area contributed by atoms with Crippen molar-refractivity contribution in [3.8, 4) is 11.8 Å². The topological polar surface area (TPSA) is 61.1 Å². The third-order valence-corrected chi connectivity index (χ3v) is 2.45. The molecule has 0 bridgehead atoms. The Morgan fingerprint density at radius 2 is 2.23 bits per heavy atom. The van der Waals surface area contributed by atoms with Crippen molar-refractivity contribution in [3.63, 3.8) is 0 Å². The summed E-state index contributed by atoms with van der Waals surface area (Å²) in [7, 11) is 0. The highest BCUT2D eigenvalue weighted by atomic mass is 127. The molecule has 0 unspecified atom stereocenters. The molecule has 0 atom stereocenters. The maximum absolute atomic E-state index is 11.0. The van der Waals surface area contributed by atoms with Crippen molar-refractivity contribution in [3.05, 3.63) is 26.8 Å². The van der Waals surface area contributed by atoms with E-state index in [1.807, 2.05) is 28.7 Å². The number of nitriles is 1. The molecule has 66 valence electrons. The molecule has 0 spiro atoms. The van der Waals surface area contributed by atoms with Crippen LogP contribution < -0.4 is 0 Å². The van der Waals surface area contributed by atoms with Gasteiger partial charge >= 0.3 is 0 Å². The number of halogens is 1. The van der Waals surface area contributed by atoms with Gasteiger partial charge in [0.25, 0.3) is 0 Å². The lowest BCUT2D eigenvalue weighted by Crippen LogP contribution is -1.97. The van der Waals surface area contributed by atoms with Crippen LogP contribution in [0, 0.1) is 14.9 Å². The lowest BCUT2D eigenvalue weighted by molar-refractivity contribution is 0.101. The van der Waals surface area contributed by atoms with Crippen LogP contribution in [0.5, 0.6) is 5.75 Å². The van der Waals surface area contributed by atoms with Gasteiger partial charge in [0.2, 0.25) is 0 Å². The van der Waals surface area contributed by atoms with Gasteiger partial charge in [0, 0.05) is 5.56 Å². The quantitative estimate of drug-likeness (QED) is 0.635.